The molecule has 10 atom stereocenters. The number of carbonyl (C=O) groups is 3. The highest BCUT2D eigenvalue weighted by Crippen LogP contribution is 2.51. The molecule has 0 aromatic carbocycles. The van der Waals surface area contributed by atoms with Gasteiger partial charge in [0.2, 0.25) is 0 Å². The van der Waals surface area contributed by atoms with Crippen LogP contribution in [0.1, 0.15) is 74.1 Å². The van der Waals surface area contributed by atoms with Crippen molar-refractivity contribution in [1.82, 2.24) is 0 Å². The van der Waals surface area contributed by atoms with Crippen LogP contribution in [0.5, 0.6) is 0 Å². The molecule has 0 radical (unpaired) electrons. The minimum absolute atomic E-state index is 0.0631. The number of Topliss-reactive ketones (excluding diaryl/α,β-unsaturated/α-hetero) is 2. The Morgan fingerprint density at radius 2 is 1.61 bits per heavy atom. The van der Waals surface area contributed by atoms with Crippen LogP contribution in [-0.2, 0) is 19.1 Å². The Labute approximate surface area is 237 Å². The fraction of sp³-hybridized carbons (Fsp3) is 0.719. The highest BCUT2D eigenvalue weighted by Gasteiger charge is 2.50. The third-order valence-corrected chi connectivity index (χ3v) is 10.2. The minimum Gasteiger partial charge on any atom is -0.458 e. The second kappa shape index (κ2) is 12.3. The van der Waals surface area contributed by atoms with Crippen LogP contribution in [0.2, 0.25) is 0 Å². The number of allylic oxidation sites excluding steroid dienone is 5. The van der Waals surface area contributed by atoms with E-state index < -0.39 is 29.0 Å². The summed E-state index contributed by atoms with van der Waals surface area (Å²) < 4.78 is 5.47. The molecular formula is C32H47BrO5. The standard InChI is InChI=1S/C32H47BrO5/c1-19-10-8-9-11-20(2)38-30(36)22(4)28(34)31(5,6)29(35)26-15-14-25-21(3)27(16-17-33)32(7,37)18-23(25)12-13-24(19)26/h8-13,19-27,37H,14-18H2,1-7H3/b10-8-,11-9+,13-12-/t19-,20+,21+,22+,23-,24+,25-,26-,27+,32-/m1/s1. The van der Waals surface area contributed by atoms with E-state index in [1.165, 1.54) is 0 Å². The van der Waals surface area contributed by atoms with Gasteiger partial charge in [0.25, 0.3) is 0 Å². The van der Waals surface area contributed by atoms with Gasteiger partial charge in [-0.25, -0.2) is 0 Å². The Morgan fingerprint density at radius 3 is 2.26 bits per heavy atom. The van der Waals surface area contributed by atoms with E-state index in [0.717, 1.165) is 24.6 Å². The Kier molecular flexibility index (Phi) is 10.1. The molecule has 0 aromatic rings. The Balaban J connectivity index is 2.05. The van der Waals surface area contributed by atoms with E-state index in [-0.39, 0.29) is 41.2 Å². The molecule has 1 fully saturated rings. The zero-order valence-electron chi connectivity index (χ0n) is 24.2. The molecule has 1 N–H and O–H groups in total. The maximum Gasteiger partial charge on any atom is 0.316 e. The second-order valence-corrected chi connectivity index (χ2v) is 13.6. The first-order valence-electron chi connectivity index (χ1n) is 14.3. The summed E-state index contributed by atoms with van der Waals surface area (Å²) in [6.07, 6.45) is 14.9. The van der Waals surface area contributed by atoms with Crippen LogP contribution in [0.3, 0.4) is 0 Å². The number of ketones is 2. The highest BCUT2D eigenvalue weighted by molar-refractivity contribution is 9.09. The number of hydrogen-bond acceptors (Lipinski definition) is 5. The second-order valence-electron chi connectivity index (χ2n) is 12.8. The van der Waals surface area contributed by atoms with Crippen molar-refractivity contribution in [2.24, 2.45) is 52.8 Å². The minimum atomic E-state index is -1.30. The smallest absolute Gasteiger partial charge is 0.316 e. The first-order chi connectivity index (χ1) is 17.7. The molecule has 0 unspecified atom stereocenters. The lowest BCUT2D eigenvalue weighted by atomic mass is 9.57. The number of cyclic esters (lactones) is 1. The average Bonchev–Trinajstić information content (AvgIpc) is 2.83. The molecule has 212 valence electrons. The van der Waals surface area contributed by atoms with Gasteiger partial charge in [-0.3, -0.25) is 14.4 Å². The molecule has 1 heterocycles. The largest absolute Gasteiger partial charge is 0.458 e. The van der Waals surface area contributed by atoms with Crippen LogP contribution < -0.4 is 0 Å². The van der Waals surface area contributed by atoms with Crippen molar-refractivity contribution >= 4 is 33.5 Å². The summed E-state index contributed by atoms with van der Waals surface area (Å²) in [4.78, 5) is 40.5. The summed E-state index contributed by atoms with van der Waals surface area (Å²) in [6.45, 7) is 13.0. The van der Waals surface area contributed by atoms with Crippen molar-refractivity contribution in [1.29, 1.82) is 0 Å². The van der Waals surface area contributed by atoms with E-state index in [2.05, 4.69) is 48.0 Å². The Bertz CT molecular complexity index is 976. The van der Waals surface area contributed by atoms with Crippen molar-refractivity contribution in [3.8, 4) is 0 Å². The van der Waals surface area contributed by atoms with E-state index in [4.69, 9.17) is 4.74 Å². The maximum absolute atomic E-state index is 14.2. The molecule has 5 nitrogen and oxygen atoms in total. The van der Waals surface area contributed by atoms with Crippen molar-refractivity contribution in [2.75, 3.05) is 5.33 Å². The van der Waals surface area contributed by atoms with Crippen LogP contribution >= 0.6 is 15.9 Å². The lowest BCUT2D eigenvalue weighted by Crippen LogP contribution is -2.50. The SMILES string of the molecule is C[C@@H]1C(=O)O[C@@H](C)/C=C/C=C\[C@@H](C)[C@@H]2/C=C\[C@@H]3C[C@@](C)(O)[C@@H](CCBr)[C@@H](C)[C@H]3CC[C@H]2C(=O)C(C)(C)C1=O. The fourth-order valence-electron chi connectivity index (χ4n) is 7.38. The Morgan fingerprint density at radius 1 is 0.947 bits per heavy atom. The molecule has 1 saturated carbocycles. The van der Waals surface area contributed by atoms with Gasteiger partial charge in [0.15, 0.2) is 5.78 Å². The van der Waals surface area contributed by atoms with Gasteiger partial charge in [-0.1, -0.05) is 60.2 Å². The van der Waals surface area contributed by atoms with E-state index in [9.17, 15) is 19.5 Å². The molecule has 3 aliphatic rings. The summed E-state index contributed by atoms with van der Waals surface area (Å²) in [7, 11) is 0. The van der Waals surface area contributed by atoms with E-state index in [1.54, 1.807) is 33.8 Å². The molecular weight excluding hydrogens is 544 g/mol. The molecule has 3 rings (SSSR count). The van der Waals surface area contributed by atoms with Crippen LogP contribution in [0.4, 0.5) is 0 Å². The third kappa shape index (κ3) is 6.43. The van der Waals surface area contributed by atoms with Crippen LogP contribution in [0.15, 0.2) is 36.5 Å². The van der Waals surface area contributed by atoms with Crippen molar-refractivity contribution in [2.45, 2.75) is 85.9 Å². The van der Waals surface area contributed by atoms with Crippen molar-refractivity contribution in [3.05, 3.63) is 36.5 Å². The maximum atomic E-state index is 14.2. The van der Waals surface area contributed by atoms with E-state index >= 15 is 0 Å². The number of hydrogen-bond donors (Lipinski definition) is 1. The first-order valence-corrected chi connectivity index (χ1v) is 15.4. The Hall–Kier alpha value is -1.53. The number of ether oxygens (including phenoxy) is 1. The predicted octanol–water partition coefficient (Wildman–Crippen LogP) is 6.49. The van der Waals surface area contributed by atoms with Gasteiger partial charge in [-0.2, -0.15) is 0 Å². The van der Waals surface area contributed by atoms with Gasteiger partial charge in [0, 0.05) is 11.2 Å². The number of alkyl halides is 1. The van der Waals surface area contributed by atoms with Crippen LogP contribution in [0, 0.1) is 52.8 Å². The van der Waals surface area contributed by atoms with Gasteiger partial charge < -0.3 is 9.84 Å². The molecule has 0 amide bonds. The summed E-state index contributed by atoms with van der Waals surface area (Å²) in [6, 6.07) is 0. The van der Waals surface area contributed by atoms with Crippen molar-refractivity contribution in [3.63, 3.8) is 0 Å². The van der Waals surface area contributed by atoms with Gasteiger partial charge >= 0.3 is 5.97 Å². The quantitative estimate of drug-likeness (QED) is 0.172. The molecule has 0 aromatic heterocycles. The summed E-state index contributed by atoms with van der Waals surface area (Å²) in [5.41, 5.74) is -2.04. The lowest BCUT2D eigenvalue weighted by molar-refractivity contribution is -0.157. The van der Waals surface area contributed by atoms with Gasteiger partial charge in [0.05, 0.1) is 11.0 Å². The molecule has 2 aliphatic carbocycles. The highest BCUT2D eigenvalue weighted by atomic mass is 79.9. The number of carbonyl (C=O) groups excluding carboxylic acids is 3. The van der Waals surface area contributed by atoms with Crippen molar-refractivity contribution < 1.29 is 24.2 Å². The number of halogens is 1. The first kappa shape index (κ1) is 31.0. The number of aliphatic hydroxyl groups is 1. The third-order valence-electron chi connectivity index (χ3n) is 9.72. The van der Waals surface area contributed by atoms with E-state index in [0.29, 0.717) is 18.3 Å². The average molecular weight is 592 g/mol. The summed E-state index contributed by atoms with van der Waals surface area (Å²) in [5, 5.41) is 12.2. The topological polar surface area (TPSA) is 80.7 Å². The number of rotatable bonds is 2. The zero-order valence-corrected chi connectivity index (χ0v) is 25.7. The predicted molar refractivity (Wildman–Crippen MR) is 155 cm³/mol. The van der Waals surface area contributed by atoms with Gasteiger partial charge in [-0.15, -0.1) is 0 Å². The van der Waals surface area contributed by atoms with E-state index in [1.807, 2.05) is 19.1 Å². The lowest BCUT2D eigenvalue weighted by Gasteiger charge is -2.50. The fourth-order valence-corrected chi connectivity index (χ4v) is 7.87. The van der Waals surface area contributed by atoms with Gasteiger partial charge in [0.1, 0.15) is 17.8 Å². The summed E-state index contributed by atoms with van der Waals surface area (Å²) in [5.74, 6) is -1.34. The molecule has 38 heavy (non-hydrogen) atoms. The number of fused-ring (bicyclic) bond motifs is 2. The zero-order chi connectivity index (χ0) is 28.4. The molecule has 1 aliphatic heterocycles. The van der Waals surface area contributed by atoms with Crippen LogP contribution in [0.25, 0.3) is 0 Å². The molecule has 0 saturated heterocycles. The monoisotopic (exact) mass is 590 g/mol. The molecule has 6 heteroatoms. The number of esters is 1. The summed E-state index contributed by atoms with van der Waals surface area (Å²) >= 11 is 3.58. The molecule has 0 bridgehead atoms. The normalized spacial score (nSPS) is 44.9. The molecule has 0 spiro atoms. The van der Waals surface area contributed by atoms with Crippen LogP contribution in [-0.4, -0.2) is 39.7 Å². The van der Waals surface area contributed by atoms with Gasteiger partial charge in [-0.05, 0) is 102 Å².